The number of allylic oxidation sites excluding steroid dienone is 1. The Kier molecular flexibility index (Phi) is 23.1. The van der Waals surface area contributed by atoms with Crippen LogP contribution in [-0.2, 0) is 61.6 Å². The number of hydrogen-bond donors (Lipinski definition) is 21. The fourth-order valence-corrected chi connectivity index (χ4v) is 15.6. The molecule has 9 rings (SSSR count). The van der Waals surface area contributed by atoms with Gasteiger partial charge in [0, 0.05) is 10.2 Å². The Labute approximate surface area is 509 Å². The third-order valence-corrected chi connectivity index (χ3v) is 20.5. The summed E-state index contributed by atoms with van der Waals surface area (Å²) in [5.74, 6) is -2.04. The summed E-state index contributed by atoms with van der Waals surface area (Å²) in [4.78, 5) is 15.4. The number of aliphatic hydroxyl groups excluding tert-OH is 20. The highest BCUT2D eigenvalue weighted by atomic mass is 32.1. The van der Waals surface area contributed by atoms with Crippen molar-refractivity contribution in [1.82, 2.24) is 0 Å². The van der Waals surface area contributed by atoms with E-state index in [9.17, 15) is 102 Å². The maximum Gasteiger partial charge on any atom is 0.314 e. The van der Waals surface area contributed by atoms with Crippen LogP contribution >= 0.6 is 12.6 Å². The van der Waals surface area contributed by atoms with Gasteiger partial charge in [0.25, 0.3) is 0 Å². The molecule has 0 aromatic carbocycles. The molecule has 3 aliphatic carbocycles. The van der Waals surface area contributed by atoms with Crippen LogP contribution in [0.1, 0.15) is 58.3 Å². The van der Waals surface area contributed by atoms with E-state index >= 15 is 4.79 Å². The van der Waals surface area contributed by atoms with Crippen molar-refractivity contribution in [2.24, 2.45) is 22.7 Å². The second-order valence-electron chi connectivity index (χ2n) is 25.1. The molecule has 32 unspecified atom stereocenters. The molecule has 6 heterocycles. The Balaban J connectivity index is 1.01. The van der Waals surface area contributed by atoms with E-state index in [0.717, 1.165) is 5.57 Å². The van der Waals surface area contributed by atoms with Crippen LogP contribution in [0.25, 0.3) is 0 Å². The Morgan fingerprint density at radius 3 is 1.20 bits per heavy atom. The predicted octanol–water partition coefficient (Wildman–Crippen LogP) is -9.95. The smallest absolute Gasteiger partial charge is 0.314 e. The van der Waals surface area contributed by atoms with Gasteiger partial charge in [0.1, 0.15) is 140 Å². The van der Waals surface area contributed by atoms with Crippen LogP contribution in [0, 0.1) is 22.7 Å². The van der Waals surface area contributed by atoms with Gasteiger partial charge in [0.05, 0.1) is 51.7 Å². The van der Waals surface area contributed by atoms with E-state index in [-0.39, 0.29) is 25.9 Å². The number of carbonyl (C=O) groups excluding carboxylic acids is 1. The second kappa shape index (κ2) is 28.7. The van der Waals surface area contributed by atoms with Crippen molar-refractivity contribution in [3.05, 3.63) is 12.2 Å². The maximum atomic E-state index is 15.4. The number of esters is 1. The van der Waals surface area contributed by atoms with Crippen LogP contribution in [0.2, 0.25) is 0 Å². The maximum absolute atomic E-state index is 15.4. The third kappa shape index (κ3) is 13.2. The van der Waals surface area contributed by atoms with Crippen LogP contribution in [0.5, 0.6) is 0 Å². The quantitative estimate of drug-likeness (QED) is 0.0324. The fraction of sp³-hybridized carbons (Fsp3) is 0.944. The van der Waals surface area contributed by atoms with Crippen LogP contribution in [0.3, 0.4) is 0 Å². The molecular weight excluding hydrogens is 1210 g/mol. The molecule has 88 heavy (non-hydrogen) atoms. The van der Waals surface area contributed by atoms with E-state index in [2.05, 4.69) is 6.58 Å². The fourth-order valence-electron chi connectivity index (χ4n) is 14.7. The van der Waals surface area contributed by atoms with E-state index in [1.165, 1.54) is 0 Å². The molecule has 6 aliphatic heterocycles. The summed E-state index contributed by atoms with van der Waals surface area (Å²) in [6.45, 7) is 0.287. The van der Waals surface area contributed by atoms with Gasteiger partial charge < -0.3 is 159 Å². The average molecular weight is 1300 g/mol. The molecule has 20 N–H and O–H groups in total. The summed E-state index contributed by atoms with van der Waals surface area (Å²) in [5, 5.41) is 214. The lowest BCUT2D eigenvalue weighted by Crippen LogP contribution is -2.68. The van der Waals surface area contributed by atoms with Crippen molar-refractivity contribution in [1.29, 1.82) is 0 Å². The minimum absolute atomic E-state index is 0.178. The first-order valence-corrected chi connectivity index (χ1v) is 30.1. The molecule has 34 heteroatoms. The SMILES string of the molecule is C=C1CC[C@@H]2C(COC3OC(CO)C(O)C(OC4OC(CO)C(O)C(O)C4O)C3OC3OC(CO)C(O)C(O)C3O)(CCC3[C@](C)(C(=O)OC4OC(CO)C(O)C(OC5OC(CO)C(O)C(O)C5O)C4OC4OC(CO)C(O)C(O)C4O)CCC[C@]32S)C1. The lowest BCUT2D eigenvalue weighted by molar-refractivity contribution is -0.394. The number of thiol groups is 1. The zero-order valence-corrected chi connectivity index (χ0v) is 48.9. The molecule has 0 spiro atoms. The van der Waals surface area contributed by atoms with Gasteiger partial charge in [-0.2, -0.15) is 12.6 Å². The molecule has 3 saturated carbocycles. The molecule has 35 atom stereocenters. The summed E-state index contributed by atoms with van der Waals surface area (Å²) in [5.41, 5.74) is -1.60. The summed E-state index contributed by atoms with van der Waals surface area (Å²) in [7, 11) is 0. The van der Waals surface area contributed by atoms with E-state index in [1.807, 2.05) is 0 Å². The molecule has 0 bridgehead atoms. The third-order valence-electron chi connectivity index (χ3n) is 19.7. The van der Waals surface area contributed by atoms with Gasteiger partial charge in [-0.25, -0.2) is 0 Å². The van der Waals surface area contributed by atoms with Crippen molar-refractivity contribution >= 4 is 18.6 Å². The van der Waals surface area contributed by atoms with Crippen molar-refractivity contribution in [2.75, 3.05) is 46.2 Å². The molecule has 6 saturated heterocycles. The normalized spacial score (nSPS) is 52.8. The zero-order valence-electron chi connectivity index (χ0n) is 48.0. The molecule has 0 amide bonds. The minimum Gasteiger partial charge on any atom is -0.432 e. The highest BCUT2D eigenvalue weighted by Gasteiger charge is 2.66. The first-order chi connectivity index (χ1) is 41.7. The molecule has 0 aromatic heterocycles. The summed E-state index contributed by atoms with van der Waals surface area (Å²) in [6, 6.07) is 0. The highest BCUT2D eigenvalue weighted by Crippen LogP contribution is 2.67. The van der Waals surface area contributed by atoms with E-state index < -0.39 is 257 Å². The topological polar surface area (TPSA) is 532 Å². The van der Waals surface area contributed by atoms with E-state index in [0.29, 0.717) is 32.1 Å². The number of fused-ring (bicyclic) bond motifs is 3. The van der Waals surface area contributed by atoms with Gasteiger partial charge in [0.2, 0.25) is 6.29 Å². The predicted molar refractivity (Wildman–Crippen MR) is 285 cm³/mol. The highest BCUT2D eigenvalue weighted by molar-refractivity contribution is 7.81. The first-order valence-electron chi connectivity index (χ1n) is 29.6. The number of ether oxygens (including phenoxy) is 12. The van der Waals surface area contributed by atoms with Crippen molar-refractivity contribution in [3.8, 4) is 0 Å². The van der Waals surface area contributed by atoms with Crippen LogP contribution in [-0.4, -0.2) is 343 Å². The van der Waals surface area contributed by atoms with Gasteiger partial charge >= 0.3 is 5.97 Å². The molecule has 0 radical (unpaired) electrons. The Bertz CT molecular complexity index is 2300. The summed E-state index contributed by atoms with van der Waals surface area (Å²) >= 11 is 5.52. The zero-order chi connectivity index (χ0) is 64.2. The van der Waals surface area contributed by atoms with Gasteiger partial charge in [-0.15, -0.1) is 0 Å². The Morgan fingerprint density at radius 2 is 0.807 bits per heavy atom. The molecular formula is C54H88O33S. The number of carbonyl (C=O) groups is 1. The van der Waals surface area contributed by atoms with Gasteiger partial charge in [-0.1, -0.05) is 18.6 Å². The summed E-state index contributed by atoms with van der Waals surface area (Å²) in [6.07, 6.45) is -53.6. The lowest BCUT2D eigenvalue weighted by Gasteiger charge is -2.64. The van der Waals surface area contributed by atoms with Crippen molar-refractivity contribution in [3.63, 3.8) is 0 Å². The van der Waals surface area contributed by atoms with Crippen LogP contribution in [0.15, 0.2) is 12.2 Å². The second-order valence-corrected chi connectivity index (χ2v) is 25.9. The summed E-state index contributed by atoms with van der Waals surface area (Å²) < 4.78 is 71.1. The molecule has 33 nitrogen and oxygen atoms in total. The Hall–Kier alpha value is -1.68. The standard InChI is InChI=1S/C54H88O33S/c1-18-4-5-26-53(10-18,17-76-49-43(85-47-39(73)35(69)29(63)21(13-57)79-47)41(31(65)23(15-59)81-49)83-45-37(71)33(67)27(61)19(11-55)77-45)9-6-25-52(2,7-3-8-54(25,26)88)51(75)87-50-44(86-48-40(74)36(70)30(64)22(14-58)80-48)42(32(66)24(16-60)82-50)84-46-38(72)34(68)28(62)20(12-56)78-46/h19-50,55-74,88H,1,3-17H2,2H3/t19?,20?,21?,22?,23?,24?,25?,26-,27?,28?,29?,30?,31?,32?,33?,34?,35?,36?,37?,38?,39?,40?,41?,42?,43?,44?,45?,46?,47?,48?,49?,50?,52-,53?,54+/m1/s1. The largest absolute Gasteiger partial charge is 0.432 e. The van der Waals surface area contributed by atoms with Gasteiger partial charge in [-0.05, 0) is 63.7 Å². The van der Waals surface area contributed by atoms with Gasteiger partial charge in [-0.3, -0.25) is 4.79 Å². The molecule has 508 valence electrons. The van der Waals surface area contributed by atoms with Crippen LogP contribution in [0.4, 0.5) is 0 Å². The lowest BCUT2D eigenvalue weighted by atomic mass is 9.45. The van der Waals surface area contributed by atoms with Crippen molar-refractivity contribution in [2.45, 2.75) is 247 Å². The van der Waals surface area contributed by atoms with Gasteiger partial charge in [0.15, 0.2) is 37.6 Å². The van der Waals surface area contributed by atoms with E-state index in [1.54, 1.807) is 6.92 Å². The monoisotopic (exact) mass is 1300 g/mol. The number of rotatable bonds is 19. The average Bonchev–Trinajstić information content (AvgIpc) is 1.43. The molecule has 9 fully saturated rings. The number of aliphatic hydroxyl groups is 20. The van der Waals surface area contributed by atoms with Crippen molar-refractivity contribution < 1.29 is 164 Å². The van der Waals surface area contributed by atoms with Crippen LogP contribution < -0.4 is 0 Å². The minimum atomic E-state index is -2.10. The first kappa shape index (κ1) is 70.6. The van der Waals surface area contributed by atoms with E-state index in [4.69, 9.17) is 69.5 Å². The Morgan fingerprint density at radius 1 is 0.455 bits per heavy atom. The molecule has 0 aromatic rings. The number of hydrogen-bond acceptors (Lipinski definition) is 34. The molecule has 9 aliphatic rings.